The highest BCUT2D eigenvalue weighted by atomic mass is 35.5. The SMILES string of the molecule is O=C(Nc1cc(Cl)c(Cl)cc1Cl)C1CSCCN1. The molecule has 1 fully saturated rings. The number of carbonyl (C=O) groups is 1. The van der Waals surface area contributed by atoms with E-state index in [4.69, 9.17) is 34.8 Å². The van der Waals surface area contributed by atoms with Crippen LogP contribution in [0.15, 0.2) is 12.1 Å². The van der Waals surface area contributed by atoms with E-state index in [0.717, 1.165) is 18.1 Å². The average Bonchev–Trinajstić information content (AvgIpc) is 2.37. The Morgan fingerprint density at radius 1 is 1.28 bits per heavy atom. The number of rotatable bonds is 2. The Morgan fingerprint density at radius 2 is 2.00 bits per heavy atom. The molecule has 1 aliphatic rings. The summed E-state index contributed by atoms with van der Waals surface area (Å²) in [6.07, 6.45) is 0. The summed E-state index contributed by atoms with van der Waals surface area (Å²) in [5.41, 5.74) is 0.480. The first kappa shape index (κ1) is 14.3. The summed E-state index contributed by atoms with van der Waals surface area (Å²) in [7, 11) is 0. The molecule has 1 unspecified atom stereocenters. The molecule has 1 atom stereocenters. The first-order valence-corrected chi connectivity index (χ1v) is 7.63. The summed E-state index contributed by atoms with van der Waals surface area (Å²) in [6, 6.07) is 2.87. The van der Waals surface area contributed by atoms with Crippen molar-refractivity contribution in [3.05, 3.63) is 27.2 Å². The predicted molar refractivity (Wildman–Crippen MR) is 79.2 cm³/mol. The smallest absolute Gasteiger partial charge is 0.242 e. The molecule has 0 bridgehead atoms. The number of amides is 1. The van der Waals surface area contributed by atoms with Crippen molar-refractivity contribution in [2.45, 2.75) is 6.04 Å². The molecule has 0 aromatic heterocycles. The van der Waals surface area contributed by atoms with Crippen LogP contribution in [0.3, 0.4) is 0 Å². The van der Waals surface area contributed by atoms with Crippen LogP contribution in [0, 0.1) is 0 Å². The molecule has 1 saturated heterocycles. The van der Waals surface area contributed by atoms with Gasteiger partial charge in [0.2, 0.25) is 5.91 Å². The van der Waals surface area contributed by atoms with Gasteiger partial charge in [-0.15, -0.1) is 0 Å². The Balaban J connectivity index is 2.08. The van der Waals surface area contributed by atoms with E-state index in [9.17, 15) is 4.79 Å². The van der Waals surface area contributed by atoms with Gasteiger partial charge in [-0.3, -0.25) is 4.79 Å². The third-order valence-electron chi connectivity index (χ3n) is 2.51. The number of carbonyl (C=O) groups excluding carboxylic acids is 1. The normalized spacial score (nSPS) is 19.6. The van der Waals surface area contributed by atoms with Crippen LogP contribution in [0.5, 0.6) is 0 Å². The molecule has 1 aliphatic heterocycles. The molecule has 7 heteroatoms. The lowest BCUT2D eigenvalue weighted by atomic mass is 10.2. The van der Waals surface area contributed by atoms with E-state index in [1.807, 2.05) is 0 Å². The van der Waals surface area contributed by atoms with Gasteiger partial charge in [0.25, 0.3) is 0 Å². The van der Waals surface area contributed by atoms with Crippen molar-refractivity contribution in [3.8, 4) is 0 Å². The zero-order valence-electron chi connectivity index (χ0n) is 9.30. The number of anilines is 1. The molecule has 0 spiro atoms. The van der Waals surface area contributed by atoms with Crippen molar-refractivity contribution in [2.24, 2.45) is 0 Å². The highest BCUT2D eigenvalue weighted by molar-refractivity contribution is 7.99. The van der Waals surface area contributed by atoms with Gasteiger partial charge in [-0.25, -0.2) is 0 Å². The second-order valence-electron chi connectivity index (χ2n) is 3.82. The summed E-state index contributed by atoms with van der Waals surface area (Å²) in [4.78, 5) is 12.0. The first-order chi connectivity index (χ1) is 8.58. The fourth-order valence-corrected chi connectivity index (χ4v) is 3.10. The van der Waals surface area contributed by atoms with Gasteiger partial charge >= 0.3 is 0 Å². The average molecular weight is 326 g/mol. The maximum atomic E-state index is 12.0. The maximum Gasteiger partial charge on any atom is 0.242 e. The number of benzene rings is 1. The molecular weight excluding hydrogens is 315 g/mol. The second-order valence-corrected chi connectivity index (χ2v) is 6.19. The van der Waals surface area contributed by atoms with Crippen LogP contribution in [-0.2, 0) is 4.79 Å². The van der Waals surface area contributed by atoms with Gasteiger partial charge in [0.1, 0.15) is 0 Å². The Hall–Kier alpha value is -0.130. The molecule has 1 aromatic rings. The fraction of sp³-hybridized carbons (Fsp3) is 0.364. The minimum atomic E-state index is -0.200. The Kier molecular flexibility index (Phi) is 5.04. The third-order valence-corrected chi connectivity index (χ3v) is 4.60. The van der Waals surface area contributed by atoms with Crippen LogP contribution in [0.1, 0.15) is 0 Å². The van der Waals surface area contributed by atoms with E-state index in [1.54, 1.807) is 17.8 Å². The van der Waals surface area contributed by atoms with Crippen molar-refractivity contribution in [1.29, 1.82) is 0 Å². The van der Waals surface area contributed by atoms with E-state index in [-0.39, 0.29) is 11.9 Å². The van der Waals surface area contributed by atoms with Gasteiger partial charge in [0.05, 0.1) is 26.8 Å². The molecule has 1 amide bonds. The van der Waals surface area contributed by atoms with E-state index < -0.39 is 0 Å². The lowest BCUT2D eigenvalue weighted by molar-refractivity contribution is -0.117. The third kappa shape index (κ3) is 3.45. The minimum Gasteiger partial charge on any atom is -0.323 e. The number of hydrogen-bond donors (Lipinski definition) is 2. The van der Waals surface area contributed by atoms with Crippen LogP contribution in [0.25, 0.3) is 0 Å². The lowest BCUT2D eigenvalue weighted by Gasteiger charge is -2.22. The Labute approximate surface area is 125 Å². The Morgan fingerprint density at radius 3 is 2.67 bits per heavy atom. The van der Waals surface area contributed by atoms with Gasteiger partial charge < -0.3 is 10.6 Å². The summed E-state index contributed by atoms with van der Waals surface area (Å²) < 4.78 is 0. The van der Waals surface area contributed by atoms with E-state index in [2.05, 4.69) is 10.6 Å². The number of hydrogen-bond acceptors (Lipinski definition) is 3. The van der Waals surface area contributed by atoms with Crippen LogP contribution in [0.2, 0.25) is 15.1 Å². The molecule has 2 rings (SSSR count). The summed E-state index contributed by atoms with van der Waals surface area (Å²) in [6.45, 7) is 0.831. The molecule has 18 heavy (non-hydrogen) atoms. The fourth-order valence-electron chi connectivity index (χ4n) is 1.57. The lowest BCUT2D eigenvalue weighted by Crippen LogP contribution is -2.46. The minimum absolute atomic E-state index is 0.109. The zero-order chi connectivity index (χ0) is 13.1. The summed E-state index contributed by atoms with van der Waals surface area (Å²) in [5.74, 6) is 1.67. The van der Waals surface area contributed by atoms with Crippen molar-refractivity contribution in [3.63, 3.8) is 0 Å². The molecule has 0 saturated carbocycles. The van der Waals surface area contributed by atoms with Gasteiger partial charge in [0, 0.05) is 18.1 Å². The summed E-state index contributed by atoms with van der Waals surface area (Å²) >= 11 is 19.5. The van der Waals surface area contributed by atoms with Crippen molar-refractivity contribution in [1.82, 2.24) is 5.32 Å². The first-order valence-electron chi connectivity index (χ1n) is 5.34. The topological polar surface area (TPSA) is 41.1 Å². The highest BCUT2D eigenvalue weighted by Crippen LogP contribution is 2.32. The highest BCUT2D eigenvalue weighted by Gasteiger charge is 2.21. The number of halogens is 3. The zero-order valence-corrected chi connectivity index (χ0v) is 12.4. The number of thioether (sulfide) groups is 1. The van der Waals surface area contributed by atoms with Crippen LogP contribution < -0.4 is 10.6 Å². The maximum absolute atomic E-state index is 12.0. The standard InChI is InChI=1S/C11H11Cl3N2OS/c12-6-3-8(14)9(4-7(6)13)16-11(17)10-5-18-2-1-15-10/h3-4,10,15H,1-2,5H2,(H,16,17). The van der Waals surface area contributed by atoms with Crippen LogP contribution >= 0.6 is 46.6 Å². The van der Waals surface area contributed by atoms with E-state index in [0.29, 0.717) is 20.8 Å². The molecule has 0 radical (unpaired) electrons. The monoisotopic (exact) mass is 324 g/mol. The van der Waals surface area contributed by atoms with Gasteiger partial charge in [-0.1, -0.05) is 34.8 Å². The van der Waals surface area contributed by atoms with Gasteiger partial charge in [-0.2, -0.15) is 11.8 Å². The largest absolute Gasteiger partial charge is 0.323 e. The summed E-state index contributed by atoms with van der Waals surface area (Å²) in [5, 5.41) is 7.01. The predicted octanol–water partition coefficient (Wildman–Crippen LogP) is 3.29. The molecule has 1 heterocycles. The molecule has 98 valence electrons. The van der Waals surface area contributed by atoms with E-state index in [1.165, 1.54) is 6.07 Å². The molecule has 1 aromatic carbocycles. The van der Waals surface area contributed by atoms with Crippen molar-refractivity contribution in [2.75, 3.05) is 23.4 Å². The van der Waals surface area contributed by atoms with Gasteiger partial charge in [-0.05, 0) is 12.1 Å². The molecule has 0 aliphatic carbocycles. The van der Waals surface area contributed by atoms with Crippen molar-refractivity contribution < 1.29 is 4.79 Å². The van der Waals surface area contributed by atoms with E-state index >= 15 is 0 Å². The molecule has 2 N–H and O–H groups in total. The second kappa shape index (κ2) is 6.35. The molecular formula is C11H11Cl3N2OS. The quantitative estimate of drug-likeness (QED) is 0.820. The van der Waals surface area contributed by atoms with Crippen LogP contribution in [0.4, 0.5) is 5.69 Å². The molecule has 3 nitrogen and oxygen atoms in total. The number of nitrogens with one attached hydrogen (secondary N) is 2. The Bertz CT molecular complexity index is 464. The van der Waals surface area contributed by atoms with Crippen molar-refractivity contribution >= 4 is 58.2 Å². The van der Waals surface area contributed by atoms with Crippen LogP contribution in [-0.4, -0.2) is 30.0 Å². The van der Waals surface area contributed by atoms with Gasteiger partial charge in [0.15, 0.2) is 0 Å².